The minimum absolute atomic E-state index is 0. The van der Waals surface area contributed by atoms with E-state index in [1.165, 1.54) is 16.4 Å². The van der Waals surface area contributed by atoms with Gasteiger partial charge in [0.25, 0.3) is 5.91 Å². The van der Waals surface area contributed by atoms with Crippen LogP contribution in [0.25, 0.3) is 0 Å². The van der Waals surface area contributed by atoms with E-state index in [0.29, 0.717) is 30.9 Å². The van der Waals surface area contributed by atoms with Crippen molar-refractivity contribution in [1.82, 2.24) is 4.31 Å². The monoisotopic (exact) mass is 423 g/mol. The number of fused-ring (bicyclic) bond motifs is 1. The third kappa shape index (κ3) is 4.01. The van der Waals surface area contributed by atoms with Gasteiger partial charge in [0.2, 0.25) is 10.0 Å². The van der Waals surface area contributed by atoms with Crippen LogP contribution < -0.4 is 10.6 Å². The van der Waals surface area contributed by atoms with Gasteiger partial charge < -0.3 is 10.6 Å². The molecule has 0 aliphatic carbocycles. The van der Waals surface area contributed by atoms with Gasteiger partial charge >= 0.3 is 0 Å². The molecule has 2 aromatic rings. The summed E-state index contributed by atoms with van der Waals surface area (Å²) < 4.78 is 26.6. The van der Waals surface area contributed by atoms with Gasteiger partial charge in [-0.25, -0.2) is 8.42 Å². The highest BCUT2D eigenvalue weighted by Gasteiger charge is 2.26. The van der Waals surface area contributed by atoms with Crippen molar-refractivity contribution in [2.24, 2.45) is 0 Å². The average Bonchev–Trinajstić information content (AvgIpc) is 2.68. The van der Waals surface area contributed by atoms with Crippen LogP contribution in [0.1, 0.15) is 36.2 Å². The zero-order chi connectivity index (χ0) is 19.6. The second-order valence-corrected chi connectivity index (χ2v) is 8.46. The summed E-state index contributed by atoms with van der Waals surface area (Å²) in [5.41, 5.74) is 9.05. The summed E-state index contributed by atoms with van der Waals surface area (Å²) in [4.78, 5) is 14.9. The van der Waals surface area contributed by atoms with E-state index < -0.39 is 10.0 Å². The molecule has 0 saturated heterocycles. The van der Waals surface area contributed by atoms with Gasteiger partial charge in [0, 0.05) is 36.6 Å². The predicted octanol–water partition coefficient (Wildman–Crippen LogP) is 3.31. The summed E-state index contributed by atoms with van der Waals surface area (Å²) in [7, 11) is -3.53. The molecule has 2 N–H and O–H groups in total. The van der Waals surface area contributed by atoms with Gasteiger partial charge in [-0.15, -0.1) is 12.4 Å². The number of rotatable bonds is 5. The number of anilines is 2. The van der Waals surface area contributed by atoms with Crippen molar-refractivity contribution >= 4 is 39.7 Å². The van der Waals surface area contributed by atoms with E-state index in [4.69, 9.17) is 5.73 Å². The highest BCUT2D eigenvalue weighted by Crippen LogP contribution is 2.32. The largest absolute Gasteiger partial charge is 0.398 e. The quantitative estimate of drug-likeness (QED) is 0.747. The molecule has 1 heterocycles. The number of hydrogen-bond acceptors (Lipinski definition) is 4. The standard InChI is InChI=1S/C20H25N3O3S.ClH/c1-3-22(4-2)27(25,26)16-12-10-15(11-13-16)20(24)23-14-6-7-17-18(21)8-5-9-19(17)23;/h5,8-13H,3-4,6-7,14,21H2,1-2H3;1H. The topological polar surface area (TPSA) is 83.7 Å². The van der Waals surface area contributed by atoms with Crippen molar-refractivity contribution in [3.63, 3.8) is 0 Å². The number of sulfonamides is 1. The minimum atomic E-state index is -3.53. The molecule has 0 radical (unpaired) electrons. The molecule has 0 aromatic heterocycles. The first-order valence-corrected chi connectivity index (χ1v) is 10.6. The SMILES string of the molecule is CCN(CC)S(=O)(=O)c1ccc(C(=O)N2CCCc3c(N)cccc32)cc1.Cl. The Morgan fingerprint density at radius 3 is 2.36 bits per heavy atom. The Bertz CT molecular complexity index is 942. The highest BCUT2D eigenvalue weighted by molar-refractivity contribution is 7.89. The second kappa shape index (κ2) is 8.94. The number of nitrogens with two attached hydrogens (primary N) is 1. The van der Waals surface area contributed by atoms with Crippen molar-refractivity contribution in [3.8, 4) is 0 Å². The molecule has 8 heteroatoms. The number of carbonyl (C=O) groups is 1. The lowest BCUT2D eigenvalue weighted by Crippen LogP contribution is -2.35. The maximum absolute atomic E-state index is 13.0. The van der Waals surface area contributed by atoms with Gasteiger partial charge in [-0.1, -0.05) is 19.9 Å². The Hall–Kier alpha value is -2.09. The van der Waals surface area contributed by atoms with Crippen LogP contribution in [-0.2, 0) is 16.4 Å². The van der Waals surface area contributed by atoms with E-state index in [-0.39, 0.29) is 23.2 Å². The number of nitrogens with zero attached hydrogens (tertiary/aromatic N) is 2. The van der Waals surface area contributed by atoms with Gasteiger partial charge in [-0.2, -0.15) is 4.31 Å². The number of hydrogen-bond donors (Lipinski definition) is 1. The molecule has 2 aromatic carbocycles. The molecular weight excluding hydrogens is 398 g/mol. The maximum Gasteiger partial charge on any atom is 0.258 e. The van der Waals surface area contributed by atoms with Gasteiger partial charge in [-0.3, -0.25) is 4.79 Å². The molecule has 1 aliphatic heterocycles. The number of carbonyl (C=O) groups excluding carboxylic acids is 1. The zero-order valence-corrected chi connectivity index (χ0v) is 17.7. The molecule has 0 unspecified atom stereocenters. The third-order valence-corrected chi connectivity index (χ3v) is 7.04. The van der Waals surface area contributed by atoms with Crippen LogP contribution in [0.3, 0.4) is 0 Å². The summed E-state index contributed by atoms with van der Waals surface area (Å²) in [5, 5.41) is 0. The molecule has 0 saturated carbocycles. The van der Waals surface area contributed by atoms with E-state index in [0.717, 1.165) is 24.1 Å². The van der Waals surface area contributed by atoms with Crippen molar-refractivity contribution < 1.29 is 13.2 Å². The minimum Gasteiger partial charge on any atom is -0.398 e. The Kier molecular flexibility index (Phi) is 7.09. The first-order valence-electron chi connectivity index (χ1n) is 9.19. The van der Waals surface area contributed by atoms with Crippen LogP contribution in [0.2, 0.25) is 0 Å². The molecule has 3 rings (SSSR count). The summed E-state index contributed by atoms with van der Waals surface area (Å²) >= 11 is 0. The lowest BCUT2D eigenvalue weighted by Gasteiger charge is -2.30. The highest BCUT2D eigenvalue weighted by atomic mass is 35.5. The van der Waals surface area contributed by atoms with E-state index >= 15 is 0 Å². The summed E-state index contributed by atoms with van der Waals surface area (Å²) in [6, 6.07) is 11.8. The smallest absolute Gasteiger partial charge is 0.258 e. The number of halogens is 1. The summed E-state index contributed by atoms with van der Waals surface area (Å²) in [5.74, 6) is -0.145. The molecule has 0 atom stereocenters. The van der Waals surface area contributed by atoms with Crippen LogP contribution in [-0.4, -0.2) is 38.3 Å². The fourth-order valence-electron chi connectivity index (χ4n) is 3.50. The second-order valence-electron chi connectivity index (χ2n) is 6.52. The van der Waals surface area contributed by atoms with Gasteiger partial charge in [0.1, 0.15) is 0 Å². The van der Waals surface area contributed by atoms with Crippen molar-refractivity contribution in [2.75, 3.05) is 30.3 Å². The molecule has 152 valence electrons. The number of benzene rings is 2. The molecule has 0 fully saturated rings. The van der Waals surface area contributed by atoms with Gasteiger partial charge in [0.15, 0.2) is 0 Å². The van der Waals surface area contributed by atoms with E-state index in [1.54, 1.807) is 30.9 Å². The van der Waals surface area contributed by atoms with Crippen LogP contribution in [0.15, 0.2) is 47.4 Å². The van der Waals surface area contributed by atoms with E-state index in [2.05, 4.69) is 0 Å². The Labute approximate surface area is 172 Å². The van der Waals surface area contributed by atoms with E-state index in [1.807, 2.05) is 18.2 Å². The lowest BCUT2D eigenvalue weighted by atomic mass is 9.99. The molecule has 6 nitrogen and oxygen atoms in total. The van der Waals surface area contributed by atoms with E-state index in [9.17, 15) is 13.2 Å². The van der Waals surface area contributed by atoms with Crippen LogP contribution in [0.4, 0.5) is 11.4 Å². The Balaban J connectivity index is 0.00000280. The van der Waals surface area contributed by atoms with Crippen molar-refractivity contribution in [3.05, 3.63) is 53.6 Å². The third-order valence-electron chi connectivity index (χ3n) is 4.98. The Morgan fingerprint density at radius 2 is 1.75 bits per heavy atom. The fraction of sp³-hybridized carbons (Fsp3) is 0.350. The van der Waals surface area contributed by atoms with Crippen LogP contribution >= 0.6 is 12.4 Å². The summed E-state index contributed by atoms with van der Waals surface area (Å²) in [6.45, 7) is 5.04. The van der Waals surface area contributed by atoms with Crippen molar-refractivity contribution in [1.29, 1.82) is 0 Å². The molecule has 1 aliphatic rings. The Morgan fingerprint density at radius 1 is 1.11 bits per heavy atom. The maximum atomic E-state index is 13.0. The van der Waals surface area contributed by atoms with Gasteiger partial charge in [-0.05, 0) is 54.8 Å². The predicted molar refractivity (Wildman–Crippen MR) is 115 cm³/mol. The molecule has 28 heavy (non-hydrogen) atoms. The van der Waals surface area contributed by atoms with Crippen molar-refractivity contribution in [2.45, 2.75) is 31.6 Å². The first kappa shape index (κ1) is 22.2. The number of nitrogen functional groups attached to an aromatic ring is 1. The summed E-state index contributed by atoms with van der Waals surface area (Å²) in [6.07, 6.45) is 1.70. The molecule has 0 bridgehead atoms. The van der Waals surface area contributed by atoms with Crippen LogP contribution in [0.5, 0.6) is 0 Å². The average molecular weight is 424 g/mol. The van der Waals surface area contributed by atoms with Crippen LogP contribution in [0, 0.1) is 0 Å². The lowest BCUT2D eigenvalue weighted by molar-refractivity contribution is 0.0985. The molecular formula is C20H26ClN3O3S. The fourth-order valence-corrected chi connectivity index (χ4v) is 4.96. The molecule has 1 amide bonds. The van der Waals surface area contributed by atoms with Gasteiger partial charge in [0.05, 0.1) is 4.90 Å². The molecule has 0 spiro atoms. The first-order chi connectivity index (χ1) is 12.9. The number of amides is 1. The normalized spacial score (nSPS) is 13.8. The zero-order valence-electron chi connectivity index (χ0n) is 16.1.